The van der Waals surface area contributed by atoms with E-state index < -0.39 is 0 Å². The quantitative estimate of drug-likeness (QED) is 0.573. The lowest BCUT2D eigenvalue weighted by Gasteiger charge is -1.99. The fourth-order valence-electron chi connectivity index (χ4n) is 1.30. The first kappa shape index (κ1) is 6.58. The monoisotopic (exact) mass is 150 g/mol. The Morgan fingerprint density at radius 2 is 2.09 bits per heavy atom. The molecule has 1 aliphatic rings. The highest BCUT2D eigenvalue weighted by Gasteiger charge is 2.18. The van der Waals surface area contributed by atoms with Crippen molar-refractivity contribution in [3.8, 4) is 0 Å². The minimum atomic E-state index is 0.441. The van der Waals surface area contributed by atoms with Crippen LogP contribution in [0.4, 0.5) is 0 Å². The predicted molar refractivity (Wildman–Crippen MR) is 40.2 cm³/mol. The molecule has 0 amide bonds. The van der Waals surface area contributed by atoms with E-state index in [4.69, 9.17) is 4.42 Å². The van der Waals surface area contributed by atoms with E-state index in [0.29, 0.717) is 11.8 Å². The number of hydrogen-bond donors (Lipinski definition) is 0. The summed E-state index contributed by atoms with van der Waals surface area (Å²) in [5.41, 5.74) is 0. The minimum absolute atomic E-state index is 0.441. The van der Waals surface area contributed by atoms with E-state index in [1.807, 2.05) is 6.92 Å². The van der Waals surface area contributed by atoms with Crippen molar-refractivity contribution in [1.82, 2.24) is 10.2 Å². The summed E-state index contributed by atoms with van der Waals surface area (Å²) in [6.45, 7) is 1.82. The van der Waals surface area contributed by atoms with Crippen LogP contribution in [0.2, 0.25) is 0 Å². The summed E-state index contributed by atoms with van der Waals surface area (Å²) in [5.74, 6) is 1.88. The van der Waals surface area contributed by atoms with Crippen molar-refractivity contribution in [3.63, 3.8) is 0 Å². The van der Waals surface area contributed by atoms with Gasteiger partial charge in [-0.25, -0.2) is 0 Å². The highest BCUT2D eigenvalue weighted by atomic mass is 16.4. The molecular weight excluding hydrogens is 140 g/mol. The highest BCUT2D eigenvalue weighted by molar-refractivity contribution is 5.05. The molecule has 3 nitrogen and oxygen atoms in total. The molecule has 1 aromatic heterocycles. The Bertz CT molecular complexity index is 269. The maximum atomic E-state index is 5.31. The second-order valence-electron chi connectivity index (χ2n) is 2.80. The highest BCUT2D eigenvalue weighted by Crippen LogP contribution is 2.27. The van der Waals surface area contributed by atoms with Gasteiger partial charge in [0.1, 0.15) is 0 Å². The fourth-order valence-corrected chi connectivity index (χ4v) is 1.30. The number of allylic oxidation sites excluding steroid dienone is 2. The van der Waals surface area contributed by atoms with Crippen LogP contribution >= 0.6 is 0 Å². The van der Waals surface area contributed by atoms with Crippen molar-refractivity contribution in [2.24, 2.45) is 0 Å². The van der Waals surface area contributed by atoms with Crippen molar-refractivity contribution >= 4 is 0 Å². The molecule has 0 spiro atoms. The summed E-state index contributed by atoms with van der Waals surface area (Å²) in [5, 5.41) is 7.76. The summed E-state index contributed by atoms with van der Waals surface area (Å²) in [7, 11) is 0. The van der Waals surface area contributed by atoms with Gasteiger partial charge in [0.05, 0.1) is 0 Å². The first-order chi connectivity index (χ1) is 5.36. The van der Waals surface area contributed by atoms with Crippen LogP contribution in [0.15, 0.2) is 16.6 Å². The molecule has 3 heteroatoms. The Kier molecular flexibility index (Phi) is 1.49. The molecule has 58 valence electrons. The van der Waals surface area contributed by atoms with E-state index in [1.165, 1.54) is 0 Å². The molecule has 2 rings (SSSR count). The van der Waals surface area contributed by atoms with Crippen LogP contribution in [0.1, 0.15) is 30.5 Å². The molecule has 0 radical (unpaired) electrons. The summed E-state index contributed by atoms with van der Waals surface area (Å²) in [6.07, 6.45) is 6.40. The van der Waals surface area contributed by atoms with Crippen molar-refractivity contribution in [3.05, 3.63) is 23.9 Å². The van der Waals surface area contributed by atoms with E-state index in [-0.39, 0.29) is 0 Å². The van der Waals surface area contributed by atoms with Crippen LogP contribution in [0.25, 0.3) is 0 Å². The first-order valence-corrected chi connectivity index (χ1v) is 3.81. The van der Waals surface area contributed by atoms with Crippen molar-refractivity contribution < 1.29 is 4.42 Å². The number of aromatic nitrogens is 2. The summed E-state index contributed by atoms with van der Waals surface area (Å²) < 4.78 is 5.31. The second-order valence-corrected chi connectivity index (χ2v) is 2.80. The lowest BCUT2D eigenvalue weighted by Crippen LogP contribution is -1.92. The molecule has 1 aliphatic carbocycles. The van der Waals surface area contributed by atoms with Crippen LogP contribution in [-0.4, -0.2) is 10.2 Å². The molecule has 0 aliphatic heterocycles. The number of aryl methyl sites for hydroxylation is 1. The predicted octanol–water partition coefficient (Wildman–Crippen LogP) is 1.81. The summed E-state index contributed by atoms with van der Waals surface area (Å²) in [6, 6.07) is 0. The summed E-state index contributed by atoms with van der Waals surface area (Å²) in [4.78, 5) is 0. The van der Waals surface area contributed by atoms with Crippen LogP contribution in [0, 0.1) is 6.92 Å². The normalized spacial score (nSPS) is 17.9. The third-order valence-electron chi connectivity index (χ3n) is 1.90. The van der Waals surface area contributed by atoms with Crippen LogP contribution in [0.5, 0.6) is 0 Å². The molecule has 1 heterocycles. The molecule has 0 saturated heterocycles. The molecule has 0 aromatic carbocycles. The van der Waals surface area contributed by atoms with Crippen molar-refractivity contribution in [2.45, 2.75) is 25.7 Å². The molecule has 0 N–H and O–H groups in total. The molecule has 0 atom stereocenters. The van der Waals surface area contributed by atoms with Gasteiger partial charge in [0.25, 0.3) is 0 Å². The van der Waals surface area contributed by atoms with Gasteiger partial charge >= 0.3 is 0 Å². The Labute approximate surface area is 65.1 Å². The van der Waals surface area contributed by atoms with E-state index in [9.17, 15) is 0 Å². The van der Waals surface area contributed by atoms with Gasteiger partial charge in [-0.05, 0) is 12.8 Å². The average molecular weight is 150 g/mol. The number of nitrogens with zero attached hydrogens (tertiary/aromatic N) is 2. The van der Waals surface area contributed by atoms with Gasteiger partial charge < -0.3 is 4.42 Å². The van der Waals surface area contributed by atoms with Crippen molar-refractivity contribution in [2.75, 3.05) is 0 Å². The zero-order valence-corrected chi connectivity index (χ0v) is 6.45. The standard InChI is InChI=1S/C8H10N2O/c1-6-9-10-8(11-6)7-4-2-3-5-7/h2-3,7H,4-5H2,1H3. The fraction of sp³-hybridized carbons (Fsp3) is 0.500. The largest absolute Gasteiger partial charge is 0.425 e. The SMILES string of the molecule is Cc1nnc(C2CC=CC2)o1. The van der Waals surface area contributed by atoms with Gasteiger partial charge in [-0.1, -0.05) is 12.2 Å². The van der Waals surface area contributed by atoms with Gasteiger partial charge in [0.15, 0.2) is 0 Å². The van der Waals surface area contributed by atoms with Crippen LogP contribution < -0.4 is 0 Å². The third-order valence-corrected chi connectivity index (χ3v) is 1.90. The van der Waals surface area contributed by atoms with E-state index >= 15 is 0 Å². The maximum absolute atomic E-state index is 5.31. The van der Waals surface area contributed by atoms with Gasteiger partial charge in [-0.2, -0.15) is 0 Å². The average Bonchev–Trinajstić information content (AvgIpc) is 2.55. The molecule has 0 unspecified atom stereocenters. The zero-order valence-electron chi connectivity index (χ0n) is 6.45. The lowest BCUT2D eigenvalue weighted by atomic mass is 10.1. The topological polar surface area (TPSA) is 38.9 Å². The molecule has 11 heavy (non-hydrogen) atoms. The molecule has 0 saturated carbocycles. The molecule has 1 aromatic rings. The Hall–Kier alpha value is -1.12. The number of rotatable bonds is 1. The smallest absolute Gasteiger partial charge is 0.220 e. The Balaban J connectivity index is 2.17. The van der Waals surface area contributed by atoms with E-state index in [2.05, 4.69) is 22.3 Å². The molecule has 0 fully saturated rings. The maximum Gasteiger partial charge on any atom is 0.220 e. The van der Waals surface area contributed by atoms with Gasteiger partial charge in [-0.3, -0.25) is 0 Å². The van der Waals surface area contributed by atoms with Gasteiger partial charge in [-0.15, -0.1) is 10.2 Å². The summed E-state index contributed by atoms with van der Waals surface area (Å²) >= 11 is 0. The van der Waals surface area contributed by atoms with E-state index in [1.54, 1.807) is 0 Å². The second kappa shape index (κ2) is 2.49. The van der Waals surface area contributed by atoms with Crippen molar-refractivity contribution in [1.29, 1.82) is 0 Å². The molecular formula is C8H10N2O. The zero-order chi connectivity index (χ0) is 7.68. The first-order valence-electron chi connectivity index (χ1n) is 3.81. The van der Waals surface area contributed by atoms with Crippen LogP contribution in [0.3, 0.4) is 0 Å². The van der Waals surface area contributed by atoms with Gasteiger partial charge in [0, 0.05) is 12.8 Å². The van der Waals surface area contributed by atoms with E-state index in [0.717, 1.165) is 18.7 Å². The number of hydrogen-bond acceptors (Lipinski definition) is 3. The van der Waals surface area contributed by atoms with Gasteiger partial charge in [0.2, 0.25) is 11.8 Å². The van der Waals surface area contributed by atoms with Crippen LogP contribution in [-0.2, 0) is 0 Å². The minimum Gasteiger partial charge on any atom is -0.425 e. The molecule has 0 bridgehead atoms. The Morgan fingerprint density at radius 3 is 2.64 bits per heavy atom. The third kappa shape index (κ3) is 1.18. The lowest BCUT2D eigenvalue weighted by molar-refractivity contribution is 0.434. The Morgan fingerprint density at radius 1 is 1.36 bits per heavy atom.